The Kier molecular flexibility index (Phi) is 4.13. The molecule has 2 aromatic rings. The molecule has 0 amide bonds. The standard InChI is InChI=1S/C17H15ClOS/c18-15-7-4-13(5-8-15)17(19)11-20-16-9-6-12-2-1-3-14(12)10-16/h4-10H,1-3,11H2. The summed E-state index contributed by atoms with van der Waals surface area (Å²) in [5.74, 6) is 0.618. The lowest BCUT2D eigenvalue weighted by Gasteiger charge is -2.05. The van der Waals surface area contributed by atoms with Crippen molar-refractivity contribution >= 4 is 29.1 Å². The molecular formula is C17H15ClOS. The summed E-state index contributed by atoms with van der Waals surface area (Å²) < 4.78 is 0. The van der Waals surface area contributed by atoms with E-state index in [0.29, 0.717) is 10.8 Å². The van der Waals surface area contributed by atoms with Gasteiger partial charge in [0, 0.05) is 15.5 Å². The molecule has 0 heterocycles. The van der Waals surface area contributed by atoms with E-state index in [9.17, 15) is 4.79 Å². The molecule has 0 aliphatic heterocycles. The van der Waals surface area contributed by atoms with Crippen molar-refractivity contribution in [3.63, 3.8) is 0 Å². The largest absolute Gasteiger partial charge is 0.293 e. The van der Waals surface area contributed by atoms with Crippen molar-refractivity contribution in [1.82, 2.24) is 0 Å². The second kappa shape index (κ2) is 6.02. The van der Waals surface area contributed by atoms with Gasteiger partial charge in [-0.25, -0.2) is 0 Å². The molecule has 2 aromatic carbocycles. The number of carbonyl (C=O) groups excluding carboxylic acids is 1. The molecule has 0 fully saturated rings. The van der Waals surface area contributed by atoms with Gasteiger partial charge in [-0.1, -0.05) is 17.7 Å². The summed E-state index contributed by atoms with van der Waals surface area (Å²) in [5, 5.41) is 0.660. The molecule has 1 aliphatic rings. The fourth-order valence-electron chi connectivity index (χ4n) is 2.51. The molecule has 0 saturated carbocycles. The van der Waals surface area contributed by atoms with Gasteiger partial charge in [0.2, 0.25) is 0 Å². The zero-order chi connectivity index (χ0) is 13.9. The number of halogens is 1. The molecule has 20 heavy (non-hydrogen) atoms. The minimum atomic E-state index is 0.146. The van der Waals surface area contributed by atoms with E-state index in [1.807, 2.05) is 0 Å². The van der Waals surface area contributed by atoms with Crippen molar-refractivity contribution in [2.45, 2.75) is 24.2 Å². The number of benzene rings is 2. The van der Waals surface area contributed by atoms with Gasteiger partial charge in [0.15, 0.2) is 5.78 Å². The molecule has 0 saturated heterocycles. The fraction of sp³-hybridized carbons (Fsp3) is 0.235. The van der Waals surface area contributed by atoms with Crippen LogP contribution in [0.2, 0.25) is 5.02 Å². The Morgan fingerprint density at radius 2 is 1.80 bits per heavy atom. The van der Waals surface area contributed by atoms with Gasteiger partial charge >= 0.3 is 0 Å². The van der Waals surface area contributed by atoms with Gasteiger partial charge in [-0.3, -0.25) is 4.79 Å². The lowest BCUT2D eigenvalue weighted by Crippen LogP contribution is -2.01. The molecule has 102 valence electrons. The number of fused-ring (bicyclic) bond motifs is 1. The molecular weight excluding hydrogens is 288 g/mol. The van der Waals surface area contributed by atoms with Crippen LogP contribution in [0.15, 0.2) is 47.4 Å². The molecule has 3 rings (SSSR count). The van der Waals surface area contributed by atoms with Crippen molar-refractivity contribution in [1.29, 1.82) is 0 Å². The van der Waals surface area contributed by atoms with Crippen LogP contribution in [0.3, 0.4) is 0 Å². The number of hydrogen-bond acceptors (Lipinski definition) is 2. The number of Topliss-reactive ketones (excluding diaryl/α,β-unsaturated/α-hetero) is 1. The number of aryl methyl sites for hydroxylation is 2. The van der Waals surface area contributed by atoms with Crippen LogP contribution in [0.25, 0.3) is 0 Å². The van der Waals surface area contributed by atoms with Crippen LogP contribution in [-0.2, 0) is 12.8 Å². The topological polar surface area (TPSA) is 17.1 Å². The van der Waals surface area contributed by atoms with Crippen molar-refractivity contribution in [2.24, 2.45) is 0 Å². The first-order valence-electron chi connectivity index (χ1n) is 6.76. The van der Waals surface area contributed by atoms with Crippen molar-refractivity contribution in [2.75, 3.05) is 5.75 Å². The maximum absolute atomic E-state index is 12.1. The molecule has 0 bridgehead atoms. The average molecular weight is 303 g/mol. The van der Waals surface area contributed by atoms with Gasteiger partial charge in [-0.2, -0.15) is 0 Å². The molecule has 0 atom stereocenters. The number of thioether (sulfide) groups is 1. The van der Waals surface area contributed by atoms with Gasteiger partial charge in [-0.15, -0.1) is 11.8 Å². The van der Waals surface area contributed by atoms with E-state index >= 15 is 0 Å². The molecule has 1 aliphatic carbocycles. The Labute approximate surface area is 128 Å². The second-order valence-electron chi connectivity index (χ2n) is 5.00. The van der Waals surface area contributed by atoms with E-state index in [-0.39, 0.29) is 5.78 Å². The highest BCUT2D eigenvalue weighted by Gasteiger charge is 2.12. The van der Waals surface area contributed by atoms with Crippen LogP contribution in [0.4, 0.5) is 0 Å². The lowest BCUT2D eigenvalue weighted by molar-refractivity contribution is 0.102. The summed E-state index contributed by atoms with van der Waals surface area (Å²) in [5.41, 5.74) is 3.65. The van der Waals surface area contributed by atoms with E-state index < -0.39 is 0 Å². The van der Waals surface area contributed by atoms with E-state index in [1.165, 1.54) is 35.3 Å². The minimum absolute atomic E-state index is 0.146. The molecule has 0 radical (unpaired) electrons. The number of ketones is 1. The first kappa shape index (κ1) is 13.7. The van der Waals surface area contributed by atoms with E-state index in [2.05, 4.69) is 18.2 Å². The second-order valence-corrected chi connectivity index (χ2v) is 6.49. The van der Waals surface area contributed by atoms with Gasteiger partial charge < -0.3 is 0 Å². The Hall–Kier alpha value is -1.25. The molecule has 0 N–H and O–H groups in total. The summed E-state index contributed by atoms with van der Waals surface area (Å²) in [6, 6.07) is 13.7. The van der Waals surface area contributed by atoms with Crippen LogP contribution in [0.1, 0.15) is 27.9 Å². The summed E-state index contributed by atoms with van der Waals surface area (Å²) in [6.45, 7) is 0. The maximum Gasteiger partial charge on any atom is 0.173 e. The third kappa shape index (κ3) is 3.08. The highest BCUT2D eigenvalue weighted by atomic mass is 35.5. The highest BCUT2D eigenvalue weighted by molar-refractivity contribution is 8.00. The smallest absolute Gasteiger partial charge is 0.173 e. The fourth-order valence-corrected chi connectivity index (χ4v) is 3.49. The minimum Gasteiger partial charge on any atom is -0.293 e. The van der Waals surface area contributed by atoms with Crippen LogP contribution in [-0.4, -0.2) is 11.5 Å². The maximum atomic E-state index is 12.1. The molecule has 3 heteroatoms. The van der Waals surface area contributed by atoms with Gasteiger partial charge in [0.1, 0.15) is 0 Å². The Morgan fingerprint density at radius 1 is 1.05 bits per heavy atom. The van der Waals surface area contributed by atoms with E-state index in [0.717, 1.165) is 5.56 Å². The summed E-state index contributed by atoms with van der Waals surface area (Å²) >= 11 is 7.44. The van der Waals surface area contributed by atoms with E-state index in [4.69, 9.17) is 11.6 Å². The zero-order valence-corrected chi connectivity index (χ0v) is 12.6. The first-order chi connectivity index (χ1) is 9.72. The van der Waals surface area contributed by atoms with Crippen molar-refractivity contribution in [3.8, 4) is 0 Å². The van der Waals surface area contributed by atoms with Crippen LogP contribution < -0.4 is 0 Å². The van der Waals surface area contributed by atoms with Crippen LogP contribution in [0, 0.1) is 0 Å². The van der Waals surface area contributed by atoms with E-state index in [1.54, 1.807) is 36.0 Å². The van der Waals surface area contributed by atoms with Gasteiger partial charge in [0.25, 0.3) is 0 Å². The number of carbonyl (C=O) groups is 1. The predicted octanol–water partition coefficient (Wildman–Crippen LogP) is 4.80. The van der Waals surface area contributed by atoms with Crippen molar-refractivity contribution in [3.05, 3.63) is 64.2 Å². The number of hydrogen-bond donors (Lipinski definition) is 0. The van der Waals surface area contributed by atoms with Crippen LogP contribution >= 0.6 is 23.4 Å². The average Bonchev–Trinajstić information content (AvgIpc) is 2.93. The van der Waals surface area contributed by atoms with Crippen LogP contribution in [0.5, 0.6) is 0 Å². The van der Waals surface area contributed by atoms with Gasteiger partial charge in [0.05, 0.1) is 5.75 Å². The Morgan fingerprint density at radius 3 is 2.60 bits per heavy atom. The molecule has 0 spiro atoms. The normalized spacial score (nSPS) is 13.2. The predicted molar refractivity (Wildman–Crippen MR) is 85.0 cm³/mol. The third-order valence-electron chi connectivity index (χ3n) is 3.61. The third-order valence-corrected chi connectivity index (χ3v) is 4.85. The highest BCUT2D eigenvalue weighted by Crippen LogP contribution is 2.28. The summed E-state index contributed by atoms with van der Waals surface area (Å²) in [4.78, 5) is 13.3. The summed E-state index contributed by atoms with van der Waals surface area (Å²) in [7, 11) is 0. The SMILES string of the molecule is O=C(CSc1ccc2c(c1)CCC2)c1ccc(Cl)cc1. The Bertz CT molecular complexity index is 634. The lowest BCUT2D eigenvalue weighted by atomic mass is 10.1. The van der Waals surface area contributed by atoms with Gasteiger partial charge in [-0.05, 0) is 66.8 Å². The Balaban J connectivity index is 1.64. The quantitative estimate of drug-likeness (QED) is 0.596. The number of rotatable bonds is 4. The monoisotopic (exact) mass is 302 g/mol. The van der Waals surface area contributed by atoms with Crippen molar-refractivity contribution < 1.29 is 4.79 Å². The summed E-state index contributed by atoms with van der Waals surface area (Å²) in [6.07, 6.45) is 3.63. The molecule has 0 aromatic heterocycles. The first-order valence-corrected chi connectivity index (χ1v) is 8.12. The zero-order valence-electron chi connectivity index (χ0n) is 11.1. The molecule has 0 unspecified atom stereocenters. The molecule has 1 nitrogen and oxygen atoms in total.